The van der Waals surface area contributed by atoms with E-state index in [4.69, 9.17) is 4.42 Å². The van der Waals surface area contributed by atoms with Crippen molar-refractivity contribution in [2.75, 3.05) is 0 Å². The van der Waals surface area contributed by atoms with Gasteiger partial charge in [0, 0.05) is 30.2 Å². The molecule has 0 saturated heterocycles. The molecule has 2 heterocycles. The van der Waals surface area contributed by atoms with Crippen LogP contribution in [0, 0.1) is 6.92 Å². The normalized spacial score (nSPS) is 14.5. The van der Waals surface area contributed by atoms with E-state index in [9.17, 15) is 0 Å². The minimum Gasteiger partial charge on any atom is -0.459 e. The number of nitrogens with one attached hydrogen (secondary N) is 1. The van der Waals surface area contributed by atoms with Gasteiger partial charge in [0.15, 0.2) is 0 Å². The lowest BCUT2D eigenvalue weighted by atomic mass is 10.1. The Bertz CT molecular complexity index is 756. The van der Waals surface area contributed by atoms with Gasteiger partial charge >= 0.3 is 0 Å². The zero-order chi connectivity index (χ0) is 15.0. The van der Waals surface area contributed by atoms with E-state index in [0.717, 1.165) is 11.3 Å². The van der Waals surface area contributed by atoms with Crippen molar-refractivity contribution in [3.8, 4) is 0 Å². The summed E-state index contributed by atoms with van der Waals surface area (Å²) in [5, 5.41) is 8.99. The minimum atomic E-state index is 0.146. The molecule has 1 N–H and O–H groups in total. The number of nitrogens with zero attached hydrogens (tertiary/aromatic N) is 2. The van der Waals surface area contributed by atoms with Crippen molar-refractivity contribution in [1.82, 2.24) is 15.1 Å². The molecule has 0 saturated carbocycles. The second-order valence-corrected chi connectivity index (χ2v) is 5.64. The van der Waals surface area contributed by atoms with Crippen molar-refractivity contribution in [2.24, 2.45) is 7.05 Å². The van der Waals surface area contributed by atoms with Crippen LogP contribution in [0.25, 0.3) is 11.0 Å². The first-order chi connectivity index (χ1) is 10.1. The quantitative estimate of drug-likeness (QED) is 0.790. The van der Waals surface area contributed by atoms with Gasteiger partial charge in [0.2, 0.25) is 0 Å². The third-order valence-corrected chi connectivity index (χ3v) is 4.00. The van der Waals surface area contributed by atoms with Crippen LogP contribution in [0.15, 0.2) is 41.1 Å². The lowest BCUT2D eigenvalue weighted by Crippen LogP contribution is -2.22. The fourth-order valence-electron chi connectivity index (χ4n) is 2.82. The first kappa shape index (κ1) is 13.9. The fourth-order valence-corrected chi connectivity index (χ4v) is 2.82. The SMILES string of the molecule is Cc1c([C@H](C)N[C@@H](C)c2cnn(C)c2)oc2ccccc12. The molecule has 0 fully saturated rings. The van der Waals surface area contributed by atoms with E-state index in [0.29, 0.717) is 0 Å². The molecule has 0 aliphatic heterocycles. The Balaban J connectivity index is 1.83. The van der Waals surface area contributed by atoms with E-state index in [1.165, 1.54) is 16.5 Å². The molecule has 0 amide bonds. The van der Waals surface area contributed by atoms with Gasteiger partial charge in [0.1, 0.15) is 11.3 Å². The molecule has 0 unspecified atom stereocenters. The molecule has 0 spiro atoms. The summed E-state index contributed by atoms with van der Waals surface area (Å²) < 4.78 is 7.84. The molecule has 4 heteroatoms. The number of hydrogen-bond acceptors (Lipinski definition) is 3. The molecule has 21 heavy (non-hydrogen) atoms. The van der Waals surface area contributed by atoms with Crippen molar-refractivity contribution in [2.45, 2.75) is 32.9 Å². The number of para-hydroxylation sites is 1. The number of rotatable bonds is 4. The molecule has 3 rings (SSSR count). The highest BCUT2D eigenvalue weighted by molar-refractivity contribution is 5.82. The van der Waals surface area contributed by atoms with Crippen molar-refractivity contribution < 1.29 is 4.42 Å². The van der Waals surface area contributed by atoms with Gasteiger partial charge in [-0.05, 0) is 32.4 Å². The Morgan fingerprint density at radius 1 is 1.19 bits per heavy atom. The number of aromatic nitrogens is 2. The average Bonchev–Trinajstić information content (AvgIpc) is 3.04. The Kier molecular flexibility index (Phi) is 3.55. The Hall–Kier alpha value is -2.07. The van der Waals surface area contributed by atoms with Crippen LogP contribution < -0.4 is 5.32 Å². The molecule has 110 valence electrons. The number of aryl methyl sites for hydroxylation is 2. The number of benzene rings is 1. The summed E-state index contributed by atoms with van der Waals surface area (Å²) in [6.45, 7) is 6.40. The summed E-state index contributed by atoms with van der Waals surface area (Å²) in [6.07, 6.45) is 3.94. The van der Waals surface area contributed by atoms with Crippen molar-refractivity contribution in [1.29, 1.82) is 0 Å². The summed E-state index contributed by atoms with van der Waals surface area (Å²) in [5.41, 5.74) is 3.34. The molecule has 0 bridgehead atoms. The second-order valence-electron chi connectivity index (χ2n) is 5.64. The monoisotopic (exact) mass is 283 g/mol. The molecular formula is C17H21N3O. The van der Waals surface area contributed by atoms with Crippen LogP contribution in [0.3, 0.4) is 0 Å². The van der Waals surface area contributed by atoms with E-state index in [1.54, 1.807) is 0 Å². The second kappa shape index (κ2) is 5.37. The van der Waals surface area contributed by atoms with Gasteiger partial charge < -0.3 is 9.73 Å². The summed E-state index contributed by atoms with van der Waals surface area (Å²) in [7, 11) is 1.93. The highest BCUT2D eigenvalue weighted by atomic mass is 16.3. The van der Waals surface area contributed by atoms with Crippen molar-refractivity contribution >= 4 is 11.0 Å². The Labute approximate surface area is 124 Å². The molecule has 0 aliphatic carbocycles. The minimum absolute atomic E-state index is 0.146. The van der Waals surface area contributed by atoms with Crippen LogP contribution in [0.4, 0.5) is 0 Å². The molecule has 0 aliphatic rings. The summed E-state index contributed by atoms with van der Waals surface area (Å²) >= 11 is 0. The standard InChI is InChI=1S/C17H21N3O/c1-11-15-7-5-6-8-16(15)21-17(11)13(3)19-12(2)14-9-18-20(4)10-14/h5-10,12-13,19H,1-4H3/t12-,13-/m0/s1. The molecule has 2 aromatic heterocycles. The predicted octanol–water partition coefficient (Wildman–Crippen LogP) is 3.89. The molecule has 1 aromatic carbocycles. The summed E-state index contributed by atoms with van der Waals surface area (Å²) in [6, 6.07) is 8.54. The van der Waals surface area contributed by atoms with Crippen molar-refractivity contribution in [3.05, 3.63) is 53.5 Å². The van der Waals surface area contributed by atoms with Gasteiger partial charge in [-0.3, -0.25) is 4.68 Å². The lowest BCUT2D eigenvalue weighted by molar-refractivity contribution is 0.414. The lowest BCUT2D eigenvalue weighted by Gasteiger charge is -2.18. The first-order valence-corrected chi connectivity index (χ1v) is 7.29. The summed E-state index contributed by atoms with van der Waals surface area (Å²) in [4.78, 5) is 0. The predicted molar refractivity (Wildman–Crippen MR) is 84.1 cm³/mol. The molecule has 4 nitrogen and oxygen atoms in total. The number of hydrogen-bond donors (Lipinski definition) is 1. The molecule has 2 atom stereocenters. The van der Waals surface area contributed by atoms with Crippen LogP contribution in [0.1, 0.15) is 42.8 Å². The van der Waals surface area contributed by atoms with E-state index in [2.05, 4.69) is 37.3 Å². The van der Waals surface area contributed by atoms with E-state index in [-0.39, 0.29) is 12.1 Å². The van der Waals surface area contributed by atoms with Crippen LogP contribution in [-0.4, -0.2) is 9.78 Å². The smallest absolute Gasteiger partial charge is 0.134 e. The van der Waals surface area contributed by atoms with Crippen LogP contribution >= 0.6 is 0 Å². The maximum atomic E-state index is 6.02. The molecular weight excluding hydrogens is 262 g/mol. The third kappa shape index (κ3) is 2.59. The van der Waals surface area contributed by atoms with E-state index in [1.807, 2.05) is 42.3 Å². The van der Waals surface area contributed by atoms with Crippen LogP contribution in [-0.2, 0) is 7.05 Å². The van der Waals surface area contributed by atoms with Crippen LogP contribution in [0.2, 0.25) is 0 Å². The summed E-state index contributed by atoms with van der Waals surface area (Å²) in [5.74, 6) is 1.01. The maximum Gasteiger partial charge on any atom is 0.134 e. The zero-order valence-electron chi connectivity index (χ0n) is 12.9. The van der Waals surface area contributed by atoms with Gasteiger partial charge in [-0.2, -0.15) is 5.10 Å². The van der Waals surface area contributed by atoms with Crippen LogP contribution in [0.5, 0.6) is 0 Å². The largest absolute Gasteiger partial charge is 0.459 e. The zero-order valence-corrected chi connectivity index (χ0v) is 12.9. The molecule has 0 radical (unpaired) electrons. The number of furan rings is 1. The fraction of sp³-hybridized carbons (Fsp3) is 0.353. The molecule has 3 aromatic rings. The van der Waals surface area contributed by atoms with E-state index >= 15 is 0 Å². The Morgan fingerprint density at radius 2 is 1.95 bits per heavy atom. The Morgan fingerprint density at radius 3 is 2.62 bits per heavy atom. The van der Waals surface area contributed by atoms with Gasteiger partial charge in [-0.1, -0.05) is 18.2 Å². The van der Waals surface area contributed by atoms with Gasteiger partial charge in [-0.25, -0.2) is 0 Å². The topological polar surface area (TPSA) is 43.0 Å². The third-order valence-electron chi connectivity index (χ3n) is 4.00. The average molecular weight is 283 g/mol. The van der Waals surface area contributed by atoms with Gasteiger partial charge in [-0.15, -0.1) is 0 Å². The first-order valence-electron chi connectivity index (χ1n) is 7.29. The van der Waals surface area contributed by atoms with Gasteiger partial charge in [0.05, 0.1) is 12.2 Å². The highest BCUT2D eigenvalue weighted by Crippen LogP contribution is 2.30. The van der Waals surface area contributed by atoms with Crippen molar-refractivity contribution in [3.63, 3.8) is 0 Å². The van der Waals surface area contributed by atoms with Gasteiger partial charge in [0.25, 0.3) is 0 Å². The van der Waals surface area contributed by atoms with E-state index < -0.39 is 0 Å². The highest BCUT2D eigenvalue weighted by Gasteiger charge is 2.19. The number of fused-ring (bicyclic) bond motifs is 1. The maximum absolute atomic E-state index is 6.02.